The van der Waals surface area contributed by atoms with Crippen LogP contribution < -0.4 is 9.64 Å². The highest BCUT2D eigenvalue weighted by Gasteiger charge is 2.38. The molecular formula is C14H18BrF3N2O. The Hall–Kier alpha value is -0.950. The normalized spacial score (nSPS) is 18.6. The average molecular weight is 367 g/mol. The molecule has 1 unspecified atom stereocenters. The number of methoxy groups -OCH3 is 1. The third-order valence-electron chi connectivity index (χ3n) is 3.56. The maximum Gasteiger partial charge on any atom is 0.402 e. The van der Waals surface area contributed by atoms with Gasteiger partial charge >= 0.3 is 6.18 Å². The molecule has 7 heteroatoms. The van der Waals surface area contributed by atoms with Crippen LogP contribution in [0.15, 0.2) is 24.3 Å². The molecule has 0 aromatic heterocycles. The fourth-order valence-electron chi connectivity index (χ4n) is 2.33. The highest BCUT2D eigenvalue weighted by Crippen LogP contribution is 2.28. The second-order valence-corrected chi connectivity index (χ2v) is 6.10. The van der Waals surface area contributed by atoms with Crippen molar-refractivity contribution in [3.63, 3.8) is 0 Å². The first-order valence-corrected chi connectivity index (χ1v) is 7.64. The molecule has 0 amide bonds. The molecule has 0 saturated carbocycles. The van der Waals surface area contributed by atoms with E-state index in [0.29, 0.717) is 26.2 Å². The number of nitrogens with zero attached hydrogens (tertiary/aromatic N) is 2. The number of halogens is 4. The van der Waals surface area contributed by atoms with E-state index in [4.69, 9.17) is 4.74 Å². The van der Waals surface area contributed by atoms with Crippen molar-refractivity contribution in [2.75, 3.05) is 44.7 Å². The zero-order valence-electron chi connectivity index (χ0n) is 11.7. The second-order valence-electron chi connectivity index (χ2n) is 5.00. The molecule has 1 heterocycles. The zero-order valence-corrected chi connectivity index (χ0v) is 13.3. The minimum atomic E-state index is -4.19. The molecule has 0 spiro atoms. The lowest BCUT2D eigenvalue weighted by atomic mass is 10.2. The van der Waals surface area contributed by atoms with Crippen LogP contribution in [0.5, 0.6) is 5.75 Å². The highest BCUT2D eigenvalue weighted by molar-refractivity contribution is 9.09. The summed E-state index contributed by atoms with van der Waals surface area (Å²) in [4.78, 5) is 2.53. The van der Waals surface area contributed by atoms with Gasteiger partial charge in [0.1, 0.15) is 10.6 Å². The number of rotatable bonds is 4. The van der Waals surface area contributed by atoms with Gasteiger partial charge in [-0.2, -0.15) is 13.2 Å². The third kappa shape index (κ3) is 4.51. The van der Waals surface area contributed by atoms with E-state index >= 15 is 0 Å². The van der Waals surface area contributed by atoms with E-state index in [1.807, 2.05) is 29.2 Å². The lowest BCUT2D eigenvalue weighted by Crippen LogP contribution is -2.49. The number of benzene rings is 1. The van der Waals surface area contributed by atoms with Crippen LogP contribution in [-0.2, 0) is 0 Å². The van der Waals surface area contributed by atoms with Crippen molar-refractivity contribution in [1.29, 1.82) is 0 Å². The summed E-state index contributed by atoms with van der Waals surface area (Å²) in [5.74, 6) is 0.785. The van der Waals surface area contributed by atoms with Crippen LogP contribution in [0.3, 0.4) is 0 Å². The number of hydrogen-bond donors (Lipinski definition) is 0. The maximum absolute atomic E-state index is 12.5. The van der Waals surface area contributed by atoms with Crippen LogP contribution in [0.2, 0.25) is 0 Å². The second kappa shape index (κ2) is 6.87. The number of ether oxygens (including phenoxy) is 1. The molecule has 1 aromatic rings. The lowest BCUT2D eigenvalue weighted by Gasteiger charge is -2.37. The van der Waals surface area contributed by atoms with Gasteiger partial charge in [-0.25, -0.2) is 0 Å². The fraction of sp³-hybridized carbons (Fsp3) is 0.571. The standard InChI is InChI=1S/C14H18BrF3N2O/c1-21-12-4-2-3-11(9-12)20-7-5-19(6-8-20)10-13(15)14(16,17)18/h2-4,9,13H,5-8,10H2,1H3. The van der Waals surface area contributed by atoms with Crippen LogP contribution in [-0.4, -0.2) is 55.7 Å². The van der Waals surface area contributed by atoms with Crippen molar-refractivity contribution < 1.29 is 17.9 Å². The molecule has 1 aromatic carbocycles. The molecule has 2 rings (SSSR count). The summed E-state index contributed by atoms with van der Waals surface area (Å²) in [6, 6.07) is 7.72. The van der Waals surface area contributed by atoms with Gasteiger partial charge in [-0.3, -0.25) is 4.90 Å². The topological polar surface area (TPSA) is 15.7 Å². The fourth-order valence-corrected chi connectivity index (χ4v) is 2.74. The van der Waals surface area contributed by atoms with E-state index in [0.717, 1.165) is 11.4 Å². The molecular weight excluding hydrogens is 349 g/mol. The van der Waals surface area contributed by atoms with Gasteiger partial charge in [0.25, 0.3) is 0 Å². The Morgan fingerprint density at radius 1 is 1.24 bits per heavy atom. The van der Waals surface area contributed by atoms with Crippen LogP contribution in [0.25, 0.3) is 0 Å². The maximum atomic E-state index is 12.5. The molecule has 0 radical (unpaired) electrons. The van der Waals surface area contributed by atoms with Crippen LogP contribution in [0, 0.1) is 0 Å². The van der Waals surface area contributed by atoms with Crippen LogP contribution in [0.4, 0.5) is 18.9 Å². The van der Waals surface area contributed by atoms with E-state index in [2.05, 4.69) is 20.8 Å². The molecule has 1 aliphatic rings. The molecule has 3 nitrogen and oxygen atoms in total. The Balaban J connectivity index is 1.88. The third-order valence-corrected chi connectivity index (χ3v) is 4.37. The predicted octanol–water partition coefficient (Wildman–Crippen LogP) is 3.14. The summed E-state index contributed by atoms with van der Waals surface area (Å²) in [5, 5.41) is 0. The molecule has 1 atom stereocenters. The van der Waals surface area contributed by atoms with E-state index in [9.17, 15) is 13.2 Å². The number of hydrogen-bond acceptors (Lipinski definition) is 3. The highest BCUT2D eigenvalue weighted by atomic mass is 79.9. The van der Waals surface area contributed by atoms with Crippen LogP contribution in [0.1, 0.15) is 0 Å². The SMILES string of the molecule is COc1cccc(N2CCN(CC(Br)C(F)(F)F)CC2)c1. The molecule has 0 bridgehead atoms. The summed E-state index contributed by atoms with van der Waals surface area (Å²) < 4.78 is 42.8. The molecule has 1 saturated heterocycles. The quantitative estimate of drug-likeness (QED) is 0.761. The van der Waals surface area contributed by atoms with Gasteiger partial charge in [-0.05, 0) is 12.1 Å². The lowest BCUT2D eigenvalue weighted by molar-refractivity contribution is -0.130. The first kappa shape index (κ1) is 16.4. The van der Waals surface area contributed by atoms with Gasteiger partial charge in [-0.1, -0.05) is 22.0 Å². The summed E-state index contributed by atoms with van der Waals surface area (Å²) >= 11 is 2.72. The predicted molar refractivity (Wildman–Crippen MR) is 80.4 cm³/mol. The van der Waals surface area contributed by atoms with E-state index in [-0.39, 0.29) is 6.54 Å². The van der Waals surface area contributed by atoms with Crippen molar-refractivity contribution in [3.8, 4) is 5.75 Å². The Morgan fingerprint density at radius 3 is 2.48 bits per heavy atom. The van der Waals surface area contributed by atoms with Crippen molar-refractivity contribution in [1.82, 2.24) is 4.90 Å². The van der Waals surface area contributed by atoms with Gasteiger partial charge in [0, 0.05) is 44.5 Å². The average Bonchev–Trinajstić information content (AvgIpc) is 2.47. The van der Waals surface area contributed by atoms with E-state index < -0.39 is 11.0 Å². The summed E-state index contributed by atoms with van der Waals surface area (Å²) in [5.41, 5.74) is 1.04. The molecule has 0 N–H and O–H groups in total. The van der Waals surface area contributed by atoms with Crippen molar-refractivity contribution in [2.45, 2.75) is 11.0 Å². The summed E-state index contributed by atoms with van der Waals surface area (Å²) in [7, 11) is 1.62. The Labute approximate surface area is 130 Å². The summed E-state index contributed by atoms with van der Waals surface area (Å²) in [6.45, 7) is 2.66. The van der Waals surface area contributed by atoms with E-state index in [1.54, 1.807) is 7.11 Å². The van der Waals surface area contributed by atoms with Gasteiger partial charge in [0.05, 0.1) is 7.11 Å². The zero-order chi connectivity index (χ0) is 15.5. The van der Waals surface area contributed by atoms with Gasteiger partial charge in [0.2, 0.25) is 0 Å². The number of anilines is 1. The Morgan fingerprint density at radius 2 is 1.90 bits per heavy atom. The van der Waals surface area contributed by atoms with Crippen molar-refractivity contribution in [2.24, 2.45) is 0 Å². The van der Waals surface area contributed by atoms with Crippen LogP contribution >= 0.6 is 15.9 Å². The van der Waals surface area contributed by atoms with Crippen molar-refractivity contribution in [3.05, 3.63) is 24.3 Å². The van der Waals surface area contributed by atoms with Crippen molar-refractivity contribution >= 4 is 21.6 Å². The minimum Gasteiger partial charge on any atom is -0.497 e. The Kier molecular flexibility index (Phi) is 5.37. The number of alkyl halides is 4. The first-order chi connectivity index (χ1) is 9.90. The largest absolute Gasteiger partial charge is 0.497 e. The summed E-state index contributed by atoms with van der Waals surface area (Å²) in [6.07, 6.45) is -4.19. The molecule has 118 valence electrons. The Bertz CT molecular complexity index is 462. The monoisotopic (exact) mass is 366 g/mol. The van der Waals surface area contributed by atoms with Gasteiger partial charge in [-0.15, -0.1) is 0 Å². The van der Waals surface area contributed by atoms with Gasteiger partial charge < -0.3 is 9.64 Å². The molecule has 1 aliphatic heterocycles. The number of piperazine rings is 1. The minimum absolute atomic E-state index is 0.00451. The smallest absolute Gasteiger partial charge is 0.402 e. The first-order valence-electron chi connectivity index (χ1n) is 6.72. The van der Waals surface area contributed by atoms with E-state index in [1.165, 1.54) is 0 Å². The van der Waals surface area contributed by atoms with Gasteiger partial charge in [0.15, 0.2) is 0 Å². The molecule has 0 aliphatic carbocycles. The molecule has 21 heavy (non-hydrogen) atoms. The molecule has 1 fully saturated rings.